The van der Waals surface area contributed by atoms with Crippen LogP contribution in [-0.4, -0.2) is 43.3 Å². The Labute approximate surface area is 87.6 Å². The molecule has 0 saturated carbocycles. The first-order chi connectivity index (χ1) is 6.79. The van der Waals surface area contributed by atoms with Crippen molar-refractivity contribution in [3.8, 4) is 0 Å². The summed E-state index contributed by atoms with van der Waals surface area (Å²) in [4.78, 5) is 2.49. The minimum atomic E-state index is 0.128. The first-order valence-electron chi connectivity index (χ1n) is 5.82. The Morgan fingerprint density at radius 2 is 2.21 bits per heavy atom. The lowest BCUT2D eigenvalue weighted by Gasteiger charge is -2.45. The Morgan fingerprint density at radius 1 is 1.43 bits per heavy atom. The molecule has 84 valence electrons. The van der Waals surface area contributed by atoms with Gasteiger partial charge < -0.3 is 10.5 Å². The SMILES string of the molecule is CCCN(CC)C1(CN)CCCOC1. The molecule has 2 N–H and O–H groups in total. The highest BCUT2D eigenvalue weighted by molar-refractivity contribution is 4.93. The average Bonchev–Trinajstić information content (AvgIpc) is 2.27. The third kappa shape index (κ3) is 2.47. The van der Waals surface area contributed by atoms with Gasteiger partial charge in [0.1, 0.15) is 0 Å². The Morgan fingerprint density at radius 3 is 2.64 bits per heavy atom. The van der Waals surface area contributed by atoms with Crippen LogP contribution in [0.1, 0.15) is 33.1 Å². The lowest BCUT2D eigenvalue weighted by Crippen LogP contribution is -2.58. The second kappa shape index (κ2) is 5.69. The van der Waals surface area contributed by atoms with Crippen LogP contribution in [-0.2, 0) is 4.74 Å². The molecule has 0 radical (unpaired) electrons. The Kier molecular flexibility index (Phi) is 4.85. The normalized spacial score (nSPS) is 28.3. The molecule has 0 aromatic heterocycles. The zero-order chi connectivity index (χ0) is 10.4. The maximum Gasteiger partial charge on any atom is 0.0662 e. The smallest absolute Gasteiger partial charge is 0.0662 e. The van der Waals surface area contributed by atoms with Gasteiger partial charge in [-0.1, -0.05) is 13.8 Å². The van der Waals surface area contributed by atoms with Gasteiger partial charge in [-0.2, -0.15) is 0 Å². The van der Waals surface area contributed by atoms with Gasteiger partial charge in [-0.3, -0.25) is 4.90 Å². The molecule has 0 aliphatic carbocycles. The molecule has 0 amide bonds. The van der Waals surface area contributed by atoms with Crippen LogP contribution in [0.15, 0.2) is 0 Å². The summed E-state index contributed by atoms with van der Waals surface area (Å²) in [5.41, 5.74) is 6.05. The lowest BCUT2D eigenvalue weighted by molar-refractivity contribution is -0.0430. The van der Waals surface area contributed by atoms with Gasteiger partial charge in [-0.05, 0) is 32.4 Å². The predicted molar refractivity (Wildman–Crippen MR) is 59.4 cm³/mol. The van der Waals surface area contributed by atoms with E-state index >= 15 is 0 Å². The summed E-state index contributed by atoms with van der Waals surface area (Å²) in [5, 5.41) is 0. The minimum Gasteiger partial charge on any atom is -0.379 e. The predicted octanol–water partition coefficient (Wildman–Crippen LogP) is 1.23. The minimum absolute atomic E-state index is 0.128. The summed E-state index contributed by atoms with van der Waals surface area (Å²) >= 11 is 0. The molecular weight excluding hydrogens is 176 g/mol. The fourth-order valence-electron chi connectivity index (χ4n) is 2.38. The van der Waals surface area contributed by atoms with Crippen molar-refractivity contribution in [3.63, 3.8) is 0 Å². The standard InChI is InChI=1S/C11H24N2O/c1-3-7-13(4-2)11(9-12)6-5-8-14-10-11/h3-10,12H2,1-2H3. The molecule has 1 aliphatic rings. The maximum atomic E-state index is 5.92. The zero-order valence-electron chi connectivity index (χ0n) is 9.59. The molecule has 0 bridgehead atoms. The quantitative estimate of drug-likeness (QED) is 0.725. The van der Waals surface area contributed by atoms with Crippen molar-refractivity contribution < 1.29 is 4.74 Å². The van der Waals surface area contributed by atoms with Crippen LogP contribution in [0.3, 0.4) is 0 Å². The molecule has 0 spiro atoms. The first kappa shape index (κ1) is 12.0. The number of hydrogen-bond acceptors (Lipinski definition) is 3. The van der Waals surface area contributed by atoms with Gasteiger partial charge in [-0.15, -0.1) is 0 Å². The first-order valence-corrected chi connectivity index (χ1v) is 5.82. The van der Waals surface area contributed by atoms with Gasteiger partial charge in [-0.25, -0.2) is 0 Å². The molecule has 1 heterocycles. The molecule has 14 heavy (non-hydrogen) atoms. The second-order valence-electron chi connectivity index (χ2n) is 4.16. The monoisotopic (exact) mass is 200 g/mol. The molecule has 0 aromatic rings. The van der Waals surface area contributed by atoms with E-state index in [0.29, 0.717) is 0 Å². The molecule has 1 atom stereocenters. The van der Waals surface area contributed by atoms with E-state index in [1.165, 1.54) is 12.8 Å². The lowest BCUT2D eigenvalue weighted by atomic mass is 9.90. The Bertz CT molecular complexity index is 155. The van der Waals surface area contributed by atoms with Gasteiger partial charge >= 0.3 is 0 Å². The molecule has 0 aromatic carbocycles. The number of hydrogen-bond donors (Lipinski definition) is 1. The van der Waals surface area contributed by atoms with Gasteiger partial charge in [0.25, 0.3) is 0 Å². The van der Waals surface area contributed by atoms with Crippen LogP contribution in [0.2, 0.25) is 0 Å². The third-order valence-electron chi connectivity index (χ3n) is 3.23. The molecule has 1 fully saturated rings. The van der Waals surface area contributed by atoms with E-state index in [0.717, 1.165) is 39.3 Å². The molecule has 1 saturated heterocycles. The highest BCUT2D eigenvalue weighted by Gasteiger charge is 2.36. The maximum absolute atomic E-state index is 5.92. The largest absolute Gasteiger partial charge is 0.379 e. The van der Waals surface area contributed by atoms with Crippen molar-refractivity contribution in [1.29, 1.82) is 0 Å². The van der Waals surface area contributed by atoms with Crippen molar-refractivity contribution in [1.82, 2.24) is 4.90 Å². The van der Waals surface area contributed by atoms with Crippen molar-refractivity contribution in [2.24, 2.45) is 5.73 Å². The summed E-state index contributed by atoms with van der Waals surface area (Å²) in [6, 6.07) is 0. The molecule has 1 unspecified atom stereocenters. The number of ether oxygens (including phenoxy) is 1. The fraction of sp³-hybridized carbons (Fsp3) is 1.00. The Balaban J connectivity index is 2.63. The van der Waals surface area contributed by atoms with E-state index in [1.54, 1.807) is 0 Å². The van der Waals surface area contributed by atoms with Gasteiger partial charge in [0.15, 0.2) is 0 Å². The van der Waals surface area contributed by atoms with E-state index in [9.17, 15) is 0 Å². The third-order valence-corrected chi connectivity index (χ3v) is 3.23. The zero-order valence-corrected chi connectivity index (χ0v) is 9.59. The Hall–Kier alpha value is -0.120. The van der Waals surface area contributed by atoms with E-state index in [-0.39, 0.29) is 5.54 Å². The summed E-state index contributed by atoms with van der Waals surface area (Å²) in [5.74, 6) is 0. The molecular formula is C11H24N2O. The van der Waals surface area contributed by atoms with Crippen LogP contribution >= 0.6 is 0 Å². The number of likely N-dealkylation sites (N-methyl/N-ethyl adjacent to an activating group) is 1. The second-order valence-corrected chi connectivity index (χ2v) is 4.16. The van der Waals surface area contributed by atoms with Crippen LogP contribution in [0, 0.1) is 0 Å². The van der Waals surface area contributed by atoms with Gasteiger partial charge in [0.05, 0.1) is 12.1 Å². The van der Waals surface area contributed by atoms with Crippen LogP contribution in [0.4, 0.5) is 0 Å². The van der Waals surface area contributed by atoms with Crippen LogP contribution < -0.4 is 5.73 Å². The van der Waals surface area contributed by atoms with Crippen molar-refractivity contribution in [2.75, 3.05) is 32.8 Å². The van der Waals surface area contributed by atoms with E-state index in [1.807, 2.05) is 0 Å². The van der Waals surface area contributed by atoms with Crippen molar-refractivity contribution in [2.45, 2.75) is 38.6 Å². The average molecular weight is 200 g/mol. The van der Waals surface area contributed by atoms with E-state index in [2.05, 4.69) is 18.7 Å². The summed E-state index contributed by atoms with van der Waals surface area (Å²) in [6.07, 6.45) is 3.53. The molecule has 3 heteroatoms. The summed E-state index contributed by atoms with van der Waals surface area (Å²) in [7, 11) is 0. The fourth-order valence-corrected chi connectivity index (χ4v) is 2.38. The van der Waals surface area contributed by atoms with Crippen LogP contribution in [0.5, 0.6) is 0 Å². The summed E-state index contributed by atoms with van der Waals surface area (Å²) in [6.45, 7) is 9.09. The highest BCUT2D eigenvalue weighted by Crippen LogP contribution is 2.25. The van der Waals surface area contributed by atoms with Gasteiger partial charge in [0, 0.05) is 13.2 Å². The molecule has 1 rings (SSSR count). The highest BCUT2D eigenvalue weighted by atomic mass is 16.5. The number of rotatable bonds is 5. The van der Waals surface area contributed by atoms with E-state index in [4.69, 9.17) is 10.5 Å². The van der Waals surface area contributed by atoms with Gasteiger partial charge in [0.2, 0.25) is 0 Å². The van der Waals surface area contributed by atoms with Crippen molar-refractivity contribution in [3.05, 3.63) is 0 Å². The number of nitrogens with two attached hydrogens (primary N) is 1. The van der Waals surface area contributed by atoms with Crippen LogP contribution in [0.25, 0.3) is 0 Å². The molecule has 3 nitrogen and oxygen atoms in total. The topological polar surface area (TPSA) is 38.5 Å². The van der Waals surface area contributed by atoms with Crippen molar-refractivity contribution >= 4 is 0 Å². The van der Waals surface area contributed by atoms with E-state index < -0.39 is 0 Å². The number of nitrogens with zero attached hydrogens (tertiary/aromatic N) is 1. The molecule has 1 aliphatic heterocycles. The summed E-state index contributed by atoms with van der Waals surface area (Å²) < 4.78 is 5.58.